The molecule has 0 saturated carbocycles. The SMILES string of the molecule is CCN(Cc1cc(OC)c(Br)cc1OC)CC(C)(C)CN. The van der Waals surface area contributed by atoms with E-state index in [1.54, 1.807) is 14.2 Å². The van der Waals surface area contributed by atoms with Crippen molar-refractivity contribution in [3.05, 3.63) is 22.2 Å². The predicted molar refractivity (Wildman–Crippen MR) is 91.0 cm³/mol. The molecule has 0 unspecified atom stereocenters. The molecule has 2 N–H and O–H groups in total. The van der Waals surface area contributed by atoms with Crippen LogP contribution in [0.4, 0.5) is 0 Å². The number of nitrogens with two attached hydrogens (primary N) is 1. The van der Waals surface area contributed by atoms with Gasteiger partial charge in [0.05, 0.1) is 18.7 Å². The van der Waals surface area contributed by atoms with Gasteiger partial charge in [0.15, 0.2) is 0 Å². The molecule has 21 heavy (non-hydrogen) atoms. The molecule has 0 atom stereocenters. The molecule has 1 rings (SSSR count). The number of nitrogens with zero attached hydrogens (tertiary/aromatic N) is 1. The Morgan fingerprint density at radius 3 is 2.29 bits per heavy atom. The highest BCUT2D eigenvalue weighted by atomic mass is 79.9. The van der Waals surface area contributed by atoms with Gasteiger partial charge in [-0.05, 0) is 46.6 Å². The average molecular weight is 359 g/mol. The normalized spacial score (nSPS) is 11.8. The van der Waals surface area contributed by atoms with Gasteiger partial charge in [0.2, 0.25) is 0 Å². The molecule has 1 aromatic carbocycles. The van der Waals surface area contributed by atoms with Gasteiger partial charge in [0.1, 0.15) is 11.5 Å². The summed E-state index contributed by atoms with van der Waals surface area (Å²) in [5.74, 6) is 1.69. The number of methoxy groups -OCH3 is 2. The Balaban J connectivity index is 2.98. The molecule has 120 valence electrons. The second-order valence-electron chi connectivity index (χ2n) is 5.97. The van der Waals surface area contributed by atoms with Gasteiger partial charge in [-0.2, -0.15) is 0 Å². The highest BCUT2D eigenvalue weighted by molar-refractivity contribution is 9.10. The van der Waals surface area contributed by atoms with Crippen molar-refractivity contribution in [2.45, 2.75) is 27.3 Å². The van der Waals surface area contributed by atoms with Crippen molar-refractivity contribution in [1.82, 2.24) is 4.90 Å². The van der Waals surface area contributed by atoms with Crippen LogP contribution in [0, 0.1) is 5.41 Å². The number of benzene rings is 1. The number of ether oxygens (including phenoxy) is 2. The van der Waals surface area contributed by atoms with Crippen LogP contribution in [-0.2, 0) is 6.54 Å². The minimum absolute atomic E-state index is 0.0999. The van der Waals surface area contributed by atoms with Crippen LogP contribution in [-0.4, -0.2) is 38.8 Å². The van der Waals surface area contributed by atoms with E-state index in [4.69, 9.17) is 15.2 Å². The maximum absolute atomic E-state index is 5.85. The maximum Gasteiger partial charge on any atom is 0.133 e. The fourth-order valence-electron chi connectivity index (χ4n) is 2.24. The Kier molecular flexibility index (Phi) is 6.97. The van der Waals surface area contributed by atoms with E-state index in [2.05, 4.69) is 41.6 Å². The molecule has 0 saturated heterocycles. The molecule has 0 amide bonds. The van der Waals surface area contributed by atoms with Crippen molar-refractivity contribution in [2.24, 2.45) is 11.1 Å². The van der Waals surface area contributed by atoms with Crippen molar-refractivity contribution < 1.29 is 9.47 Å². The first-order valence-electron chi connectivity index (χ1n) is 7.19. The molecule has 0 heterocycles. The summed E-state index contributed by atoms with van der Waals surface area (Å²) in [5.41, 5.74) is 7.06. The van der Waals surface area contributed by atoms with Crippen LogP contribution in [0.1, 0.15) is 26.3 Å². The number of rotatable bonds is 8. The average Bonchev–Trinajstić information content (AvgIpc) is 2.47. The van der Waals surface area contributed by atoms with Crippen molar-refractivity contribution in [3.8, 4) is 11.5 Å². The van der Waals surface area contributed by atoms with E-state index in [1.807, 2.05) is 12.1 Å². The van der Waals surface area contributed by atoms with Crippen molar-refractivity contribution in [1.29, 1.82) is 0 Å². The molecule has 4 nitrogen and oxygen atoms in total. The first-order chi connectivity index (χ1) is 9.86. The van der Waals surface area contributed by atoms with Crippen LogP contribution in [0.5, 0.6) is 11.5 Å². The van der Waals surface area contributed by atoms with Gasteiger partial charge in [-0.3, -0.25) is 4.90 Å². The van der Waals surface area contributed by atoms with E-state index in [0.717, 1.165) is 41.2 Å². The van der Waals surface area contributed by atoms with Gasteiger partial charge in [-0.25, -0.2) is 0 Å². The first-order valence-corrected chi connectivity index (χ1v) is 7.99. The summed E-state index contributed by atoms with van der Waals surface area (Å²) in [6.45, 7) is 9.93. The first kappa shape index (κ1) is 18.3. The second kappa shape index (κ2) is 8.01. The third kappa shape index (κ3) is 5.16. The van der Waals surface area contributed by atoms with Gasteiger partial charge in [0, 0.05) is 18.7 Å². The lowest BCUT2D eigenvalue weighted by Crippen LogP contribution is -2.38. The van der Waals surface area contributed by atoms with Gasteiger partial charge in [0.25, 0.3) is 0 Å². The zero-order valence-electron chi connectivity index (χ0n) is 13.7. The molecular weight excluding hydrogens is 332 g/mol. The van der Waals surface area contributed by atoms with Gasteiger partial charge < -0.3 is 15.2 Å². The highest BCUT2D eigenvalue weighted by Gasteiger charge is 2.21. The summed E-state index contributed by atoms with van der Waals surface area (Å²) in [6.07, 6.45) is 0. The lowest BCUT2D eigenvalue weighted by molar-refractivity contribution is 0.181. The summed E-state index contributed by atoms with van der Waals surface area (Å²) < 4.78 is 11.8. The third-order valence-electron chi connectivity index (χ3n) is 3.60. The van der Waals surface area contributed by atoms with Crippen molar-refractivity contribution in [2.75, 3.05) is 33.9 Å². The topological polar surface area (TPSA) is 47.7 Å². The van der Waals surface area contributed by atoms with Gasteiger partial charge in [-0.1, -0.05) is 20.8 Å². The van der Waals surface area contributed by atoms with Crippen LogP contribution in [0.25, 0.3) is 0 Å². The summed E-state index contributed by atoms with van der Waals surface area (Å²) in [5, 5.41) is 0. The van der Waals surface area contributed by atoms with E-state index < -0.39 is 0 Å². The van der Waals surface area contributed by atoms with Crippen molar-refractivity contribution in [3.63, 3.8) is 0 Å². The molecule has 1 aromatic rings. The van der Waals surface area contributed by atoms with Gasteiger partial charge >= 0.3 is 0 Å². The molecule has 5 heteroatoms. The third-order valence-corrected chi connectivity index (χ3v) is 4.22. The number of hydrogen-bond donors (Lipinski definition) is 1. The lowest BCUT2D eigenvalue weighted by Gasteiger charge is -2.31. The van der Waals surface area contributed by atoms with Gasteiger partial charge in [-0.15, -0.1) is 0 Å². The Morgan fingerprint density at radius 1 is 1.19 bits per heavy atom. The number of halogens is 1. The van der Waals surface area contributed by atoms with Crippen LogP contribution in [0.3, 0.4) is 0 Å². The van der Waals surface area contributed by atoms with E-state index in [0.29, 0.717) is 6.54 Å². The molecule has 0 bridgehead atoms. The van der Waals surface area contributed by atoms with Crippen LogP contribution < -0.4 is 15.2 Å². The molecule has 0 aliphatic rings. The Hall–Kier alpha value is -0.780. The highest BCUT2D eigenvalue weighted by Crippen LogP contribution is 2.33. The monoisotopic (exact) mass is 358 g/mol. The molecule has 0 radical (unpaired) electrons. The Labute approximate surface area is 136 Å². The molecule has 0 fully saturated rings. The van der Waals surface area contributed by atoms with E-state index >= 15 is 0 Å². The summed E-state index contributed by atoms with van der Waals surface area (Å²) >= 11 is 3.49. The van der Waals surface area contributed by atoms with Crippen LogP contribution >= 0.6 is 15.9 Å². The molecule has 0 aliphatic carbocycles. The summed E-state index contributed by atoms with van der Waals surface area (Å²) in [4.78, 5) is 2.37. The predicted octanol–water partition coefficient (Wildman–Crippen LogP) is 3.27. The molecular formula is C16H27BrN2O2. The van der Waals surface area contributed by atoms with E-state index in [1.165, 1.54) is 0 Å². The smallest absolute Gasteiger partial charge is 0.133 e. The zero-order valence-corrected chi connectivity index (χ0v) is 15.3. The summed E-state index contributed by atoms with van der Waals surface area (Å²) in [7, 11) is 3.36. The fraction of sp³-hybridized carbons (Fsp3) is 0.625. The lowest BCUT2D eigenvalue weighted by atomic mass is 9.93. The van der Waals surface area contributed by atoms with Crippen LogP contribution in [0.2, 0.25) is 0 Å². The standard InChI is InChI=1S/C16H27BrN2O2/c1-6-19(11-16(2,3)10-18)9-12-7-15(21-5)13(17)8-14(12)20-4/h7-8H,6,9-11,18H2,1-5H3. The Morgan fingerprint density at radius 2 is 1.81 bits per heavy atom. The van der Waals surface area contributed by atoms with E-state index in [9.17, 15) is 0 Å². The largest absolute Gasteiger partial charge is 0.496 e. The van der Waals surface area contributed by atoms with Crippen LogP contribution in [0.15, 0.2) is 16.6 Å². The molecule has 0 aliphatic heterocycles. The number of hydrogen-bond acceptors (Lipinski definition) is 4. The van der Waals surface area contributed by atoms with Crippen molar-refractivity contribution >= 4 is 15.9 Å². The minimum Gasteiger partial charge on any atom is -0.496 e. The molecule has 0 aromatic heterocycles. The summed E-state index contributed by atoms with van der Waals surface area (Å²) in [6, 6.07) is 3.98. The maximum atomic E-state index is 5.85. The fourth-order valence-corrected chi connectivity index (χ4v) is 2.72. The minimum atomic E-state index is 0.0999. The molecule has 0 spiro atoms. The van der Waals surface area contributed by atoms with E-state index in [-0.39, 0.29) is 5.41 Å². The quantitative estimate of drug-likeness (QED) is 0.774. The zero-order chi connectivity index (χ0) is 16.0. The second-order valence-corrected chi connectivity index (χ2v) is 6.82. The Bertz CT molecular complexity index is 464.